The first-order chi connectivity index (χ1) is 8.91. The summed E-state index contributed by atoms with van der Waals surface area (Å²) < 4.78 is 0. The van der Waals surface area contributed by atoms with E-state index in [4.69, 9.17) is 5.11 Å². The molecule has 1 saturated carbocycles. The molecule has 0 radical (unpaired) electrons. The molecular weight excluding hydrogens is 242 g/mol. The fourth-order valence-electron chi connectivity index (χ4n) is 1.90. The normalized spacial score (nSPS) is 16.3. The number of rotatable bonds is 4. The Labute approximate surface area is 112 Å². The molecule has 0 atom stereocenters. The van der Waals surface area contributed by atoms with E-state index in [9.17, 15) is 9.59 Å². The average molecular weight is 259 g/mol. The smallest absolute Gasteiger partial charge is 0.328 e. The van der Waals surface area contributed by atoms with Gasteiger partial charge in [-0.15, -0.1) is 0 Å². The van der Waals surface area contributed by atoms with E-state index in [0.717, 1.165) is 30.0 Å². The van der Waals surface area contributed by atoms with Crippen molar-refractivity contribution in [3.63, 3.8) is 0 Å². The Balaban J connectivity index is 2.23. The molecule has 1 aromatic rings. The molecule has 0 aromatic heterocycles. The van der Waals surface area contributed by atoms with Crippen LogP contribution in [0.1, 0.15) is 41.3 Å². The number of amides is 1. The Bertz CT molecular complexity index is 557. The average Bonchev–Trinajstić information content (AvgIpc) is 3.05. The molecule has 1 aromatic carbocycles. The molecule has 2 N–H and O–H groups in total. The fraction of sp³-hybridized carbons (Fsp3) is 0.333. The van der Waals surface area contributed by atoms with Gasteiger partial charge >= 0.3 is 5.97 Å². The minimum Gasteiger partial charge on any atom is -0.478 e. The highest BCUT2D eigenvalue weighted by atomic mass is 16.4. The third kappa shape index (κ3) is 3.22. The maximum Gasteiger partial charge on any atom is 0.328 e. The zero-order chi connectivity index (χ0) is 14.0. The standard InChI is InChI=1S/C15H17NO3/c1-10-11(6-7-13(17)18)4-3-5-12(10)14(19)16-15(2)8-9-15/h3-7H,8-9H2,1-2H3,(H,16,19)(H,17,18)/b7-6+. The van der Waals surface area contributed by atoms with E-state index >= 15 is 0 Å². The summed E-state index contributed by atoms with van der Waals surface area (Å²) in [5.74, 6) is -1.09. The van der Waals surface area contributed by atoms with Gasteiger partial charge in [0.05, 0.1) is 0 Å². The number of hydrogen-bond acceptors (Lipinski definition) is 2. The molecule has 1 fully saturated rings. The topological polar surface area (TPSA) is 66.4 Å². The van der Waals surface area contributed by atoms with Crippen LogP contribution in [0.5, 0.6) is 0 Å². The van der Waals surface area contributed by atoms with Crippen LogP contribution in [0, 0.1) is 6.92 Å². The summed E-state index contributed by atoms with van der Waals surface area (Å²) in [7, 11) is 0. The van der Waals surface area contributed by atoms with Gasteiger partial charge in [-0.25, -0.2) is 4.79 Å². The number of aliphatic carboxylic acids is 1. The highest BCUT2D eigenvalue weighted by Crippen LogP contribution is 2.34. The largest absolute Gasteiger partial charge is 0.478 e. The van der Waals surface area contributed by atoms with E-state index in [-0.39, 0.29) is 11.4 Å². The fourth-order valence-corrected chi connectivity index (χ4v) is 1.90. The van der Waals surface area contributed by atoms with E-state index in [1.54, 1.807) is 18.2 Å². The Morgan fingerprint density at radius 2 is 2.05 bits per heavy atom. The Kier molecular flexibility index (Phi) is 3.42. The van der Waals surface area contributed by atoms with Gasteiger partial charge in [-0.05, 0) is 50.0 Å². The summed E-state index contributed by atoms with van der Waals surface area (Å²) in [6.07, 6.45) is 4.60. The second-order valence-electron chi connectivity index (χ2n) is 5.21. The van der Waals surface area contributed by atoms with Crippen molar-refractivity contribution in [2.45, 2.75) is 32.2 Å². The molecular formula is C15H17NO3. The van der Waals surface area contributed by atoms with Crippen molar-refractivity contribution < 1.29 is 14.7 Å². The third-order valence-electron chi connectivity index (χ3n) is 3.44. The monoisotopic (exact) mass is 259 g/mol. The maximum atomic E-state index is 12.2. The van der Waals surface area contributed by atoms with Gasteiger partial charge in [-0.2, -0.15) is 0 Å². The molecule has 0 aliphatic heterocycles. The summed E-state index contributed by atoms with van der Waals surface area (Å²) in [5, 5.41) is 11.6. The van der Waals surface area contributed by atoms with Crippen LogP contribution >= 0.6 is 0 Å². The van der Waals surface area contributed by atoms with Crippen LogP contribution in [0.15, 0.2) is 24.3 Å². The van der Waals surface area contributed by atoms with Crippen molar-refractivity contribution in [3.8, 4) is 0 Å². The highest BCUT2D eigenvalue weighted by Gasteiger charge is 2.38. The number of carbonyl (C=O) groups is 2. The summed E-state index contributed by atoms with van der Waals surface area (Å²) in [6.45, 7) is 3.85. The van der Waals surface area contributed by atoms with Crippen molar-refractivity contribution in [3.05, 3.63) is 41.0 Å². The molecule has 1 aliphatic carbocycles. The molecule has 1 aliphatic rings. The molecule has 19 heavy (non-hydrogen) atoms. The van der Waals surface area contributed by atoms with E-state index in [2.05, 4.69) is 5.32 Å². The van der Waals surface area contributed by atoms with Crippen LogP contribution in [-0.2, 0) is 4.79 Å². The first-order valence-electron chi connectivity index (χ1n) is 6.24. The van der Waals surface area contributed by atoms with Crippen LogP contribution in [0.3, 0.4) is 0 Å². The molecule has 4 nitrogen and oxygen atoms in total. The second-order valence-corrected chi connectivity index (χ2v) is 5.21. The van der Waals surface area contributed by atoms with Crippen LogP contribution in [0.2, 0.25) is 0 Å². The Morgan fingerprint density at radius 3 is 2.63 bits per heavy atom. The minimum atomic E-state index is -1.00. The lowest BCUT2D eigenvalue weighted by atomic mass is 10.0. The summed E-state index contributed by atoms with van der Waals surface area (Å²) in [6, 6.07) is 5.32. The number of nitrogens with one attached hydrogen (secondary N) is 1. The van der Waals surface area contributed by atoms with Crippen LogP contribution < -0.4 is 5.32 Å². The van der Waals surface area contributed by atoms with Gasteiger partial charge in [0.25, 0.3) is 5.91 Å². The van der Waals surface area contributed by atoms with Crippen LogP contribution in [0.25, 0.3) is 6.08 Å². The lowest BCUT2D eigenvalue weighted by Gasteiger charge is -2.14. The highest BCUT2D eigenvalue weighted by molar-refractivity contribution is 5.97. The van der Waals surface area contributed by atoms with E-state index in [1.807, 2.05) is 13.8 Å². The zero-order valence-corrected chi connectivity index (χ0v) is 11.1. The first kappa shape index (κ1) is 13.3. The zero-order valence-electron chi connectivity index (χ0n) is 11.1. The lowest BCUT2D eigenvalue weighted by molar-refractivity contribution is -0.131. The van der Waals surface area contributed by atoms with E-state index in [1.165, 1.54) is 6.08 Å². The SMILES string of the molecule is Cc1c(/C=C/C(=O)O)cccc1C(=O)NC1(C)CC1. The van der Waals surface area contributed by atoms with Crippen molar-refractivity contribution in [1.82, 2.24) is 5.32 Å². The molecule has 0 bridgehead atoms. The summed E-state index contributed by atoms with van der Waals surface area (Å²) in [4.78, 5) is 22.7. The van der Waals surface area contributed by atoms with Crippen molar-refractivity contribution in [2.24, 2.45) is 0 Å². The number of benzene rings is 1. The van der Waals surface area contributed by atoms with Gasteiger partial charge in [0.1, 0.15) is 0 Å². The van der Waals surface area contributed by atoms with Gasteiger partial charge in [0.15, 0.2) is 0 Å². The van der Waals surface area contributed by atoms with E-state index < -0.39 is 5.97 Å². The van der Waals surface area contributed by atoms with Gasteiger partial charge < -0.3 is 10.4 Å². The predicted molar refractivity (Wildman–Crippen MR) is 73.0 cm³/mol. The Morgan fingerprint density at radius 1 is 1.37 bits per heavy atom. The maximum absolute atomic E-state index is 12.2. The molecule has 0 heterocycles. The van der Waals surface area contributed by atoms with Gasteiger partial charge in [-0.1, -0.05) is 12.1 Å². The minimum absolute atomic E-state index is 0.0591. The molecule has 1 amide bonds. The summed E-state index contributed by atoms with van der Waals surface area (Å²) >= 11 is 0. The second kappa shape index (κ2) is 4.88. The van der Waals surface area contributed by atoms with Crippen molar-refractivity contribution in [2.75, 3.05) is 0 Å². The van der Waals surface area contributed by atoms with E-state index in [0.29, 0.717) is 5.56 Å². The predicted octanol–water partition coefficient (Wildman–Crippen LogP) is 2.38. The van der Waals surface area contributed by atoms with Gasteiger partial charge in [0, 0.05) is 17.2 Å². The number of hydrogen-bond donors (Lipinski definition) is 2. The number of carboxylic acids is 1. The lowest BCUT2D eigenvalue weighted by Crippen LogP contribution is -2.34. The Hall–Kier alpha value is -2.10. The van der Waals surface area contributed by atoms with Gasteiger partial charge in [-0.3, -0.25) is 4.79 Å². The number of carbonyl (C=O) groups excluding carboxylic acids is 1. The molecule has 0 saturated heterocycles. The molecule has 0 spiro atoms. The van der Waals surface area contributed by atoms with Crippen LogP contribution in [0.4, 0.5) is 0 Å². The van der Waals surface area contributed by atoms with Crippen molar-refractivity contribution >= 4 is 18.0 Å². The molecule has 4 heteroatoms. The quantitative estimate of drug-likeness (QED) is 0.816. The summed E-state index contributed by atoms with van der Waals surface area (Å²) in [5.41, 5.74) is 2.08. The number of carboxylic acid groups (broad SMARTS) is 1. The third-order valence-corrected chi connectivity index (χ3v) is 3.44. The first-order valence-corrected chi connectivity index (χ1v) is 6.24. The molecule has 2 rings (SSSR count). The van der Waals surface area contributed by atoms with Crippen molar-refractivity contribution in [1.29, 1.82) is 0 Å². The van der Waals surface area contributed by atoms with Crippen LogP contribution in [-0.4, -0.2) is 22.5 Å². The molecule has 100 valence electrons. The molecule has 0 unspecified atom stereocenters. The van der Waals surface area contributed by atoms with Gasteiger partial charge in [0.2, 0.25) is 0 Å².